The molecule has 132 valence electrons. The molecule has 0 saturated carbocycles. The zero-order valence-corrected chi connectivity index (χ0v) is 14.2. The van der Waals surface area contributed by atoms with Crippen LogP contribution in [0.2, 0.25) is 0 Å². The molecular weight excluding hydrogens is 345 g/mol. The van der Waals surface area contributed by atoms with Crippen molar-refractivity contribution >= 4 is 21.6 Å². The summed E-state index contributed by atoms with van der Waals surface area (Å²) in [7, 11) is -3.74. The highest BCUT2D eigenvalue weighted by atomic mass is 32.2. The van der Waals surface area contributed by atoms with E-state index in [2.05, 4.69) is 10.3 Å². The van der Waals surface area contributed by atoms with E-state index in [0.717, 1.165) is 12.1 Å². The van der Waals surface area contributed by atoms with Crippen LogP contribution in [0, 0.1) is 11.7 Å². The summed E-state index contributed by atoms with van der Waals surface area (Å²) in [6.07, 6.45) is 4.35. The molecule has 1 aliphatic heterocycles. The lowest BCUT2D eigenvalue weighted by molar-refractivity contribution is -0.120. The van der Waals surface area contributed by atoms with Crippen LogP contribution in [0.1, 0.15) is 12.8 Å². The smallest absolute Gasteiger partial charge is 0.243 e. The number of anilines is 1. The van der Waals surface area contributed by atoms with E-state index in [0.29, 0.717) is 25.1 Å². The van der Waals surface area contributed by atoms with Gasteiger partial charge in [0.1, 0.15) is 5.82 Å². The average Bonchev–Trinajstić information content (AvgIpc) is 2.63. The van der Waals surface area contributed by atoms with Crippen molar-refractivity contribution in [2.45, 2.75) is 17.7 Å². The van der Waals surface area contributed by atoms with Gasteiger partial charge in [0.2, 0.25) is 15.9 Å². The van der Waals surface area contributed by atoms with Gasteiger partial charge >= 0.3 is 0 Å². The molecule has 1 aromatic heterocycles. The number of amides is 1. The predicted molar refractivity (Wildman–Crippen MR) is 90.7 cm³/mol. The van der Waals surface area contributed by atoms with Crippen LogP contribution in [-0.4, -0.2) is 36.7 Å². The van der Waals surface area contributed by atoms with E-state index in [1.54, 1.807) is 24.5 Å². The summed E-state index contributed by atoms with van der Waals surface area (Å²) in [6, 6.07) is 8.06. The summed E-state index contributed by atoms with van der Waals surface area (Å²) in [5, 5.41) is 2.78. The zero-order valence-electron chi connectivity index (χ0n) is 13.4. The molecule has 1 saturated heterocycles. The van der Waals surface area contributed by atoms with Crippen molar-refractivity contribution < 1.29 is 17.6 Å². The van der Waals surface area contributed by atoms with Crippen molar-refractivity contribution in [3.05, 3.63) is 54.6 Å². The minimum atomic E-state index is -3.74. The van der Waals surface area contributed by atoms with Crippen LogP contribution in [0.25, 0.3) is 0 Å². The standard InChI is InChI=1S/C17H18FN3O3S/c18-14-3-5-16(6-4-14)25(23,24)21-11-1-2-13(12-21)17(22)20-15-7-9-19-10-8-15/h3-10,13H,1-2,11-12H2,(H,19,20,22). The Labute approximate surface area is 145 Å². The topological polar surface area (TPSA) is 79.4 Å². The fraction of sp³-hybridized carbons (Fsp3) is 0.294. The van der Waals surface area contributed by atoms with Crippen molar-refractivity contribution in [3.63, 3.8) is 0 Å². The van der Waals surface area contributed by atoms with E-state index < -0.39 is 21.8 Å². The molecule has 6 nitrogen and oxygen atoms in total. The first-order valence-corrected chi connectivity index (χ1v) is 9.37. The minimum Gasteiger partial charge on any atom is -0.326 e. The summed E-state index contributed by atoms with van der Waals surface area (Å²) in [5.74, 6) is -1.14. The number of pyridine rings is 1. The molecule has 8 heteroatoms. The molecule has 1 N–H and O–H groups in total. The van der Waals surface area contributed by atoms with Gasteiger partial charge in [-0.25, -0.2) is 12.8 Å². The second-order valence-electron chi connectivity index (χ2n) is 5.88. The molecule has 2 aromatic rings. The van der Waals surface area contributed by atoms with Crippen LogP contribution >= 0.6 is 0 Å². The van der Waals surface area contributed by atoms with Gasteiger partial charge in [-0.15, -0.1) is 0 Å². The Morgan fingerprint density at radius 2 is 1.84 bits per heavy atom. The van der Waals surface area contributed by atoms with E-state index in [1.807, 2.05) is 0 Å². The number of benzene rings is 1. The molecule has 0 spiro atoms. The Morgan fingerprint density at radius 1 is 1.16 bits per heavy atom. The van der Waals surface area contributed by atoms with Crippen LogP contribution in [-0.2, 0) is 14.8 Å². The summed E-state index contributed by atoms with van der Waals surface area (Å²) in [5.41, 5.74) is 0.624. The molecule has 1 aliphatic rings. The first-order valence-electron chi connectivity index (χ1n) is 7.93. The highest BCUT2D eigenvalue weighted by molar-refractivity contribution is 7.89. The van der Waals surface area contributed by atoms with Crippen molar-refractivity contribution in [1.29, 1.82) is 0 Å². The fourth-order valence-corrected chi connectivity index (χ4v) is 4.33. The number of nitrogens with one attached hydrogen (secondary N) is 1. The number of carbonyl (C=O) groups is 1. The van der Waals surface area contributed by atoms with Crippen molar-refractivity contribution in [1.82, 2.24) is 9.29 Å². The molecule has 3 rings (SSSR count). The Balaban J connectivity index is 1.72. The maximum absolute atomic E-state index is 13.0. The molecule has 2 heterocycles. The zero-order chi connectivity index (χ0) is 17.9. The molecule has 1 amide bonds. The van der Waals surface area contributed by atoms with Gasteiger partial charge in [0.05, 0.1) is 10.8 Å². The van der Waals surface area contributed by atoms with Crippen molar-refractivity contribution in [2.75, 3.05) is 18.4 Å². The Bertz CT molecular complexity index is 841. The molecule has 1 unspecified atom stereocenters. The fourth-order valence-electron chi connectivity index (χ4n) is 2.81. The van der Waals surface area contributed by atoms with Crippen LogP contribution in [0.5, 0.6) is 0 Å². The molecule has 1 fully saturated rings. The average molecular weight is 363 g/mol. The number of hydrogen-bond donors (Lipinski definition) is 1. The van der Waals surface area contributed by atoms with Gasteiger partial charge < -0.3 is 5.32 Å². The van der Waals surface area contributed by atoms with Gasteiger partial charge in [0.15, 0.2) is 0 Å². The summed E-state index contributed by atoms with van der Waals surface area (Å²) in [4.78, 5) is 16.3. The van der Waals surface area contributed by atoms with Gasteiger partial charge in [-0.1, -0.05) is 0 Å². The molecule has 0 aliphatic carbocycles. The third kappa shape index (κ3) is 4.02. The van der Waals surface area contributed by atoms with Gasteiger partial charge in [-0.2, -0.15) is 4.31 Å². The van der Waals surface area contributed by atoms with Crippen molar-refractivity contribution in [2.24, 2.45) is 5.92 Å². The quantitative estimate of drug-likeness (QED) is 0.904. The molecule has 1 atom stereocenters. The first-order chi connectivity index (χ1) is 12.0. The molecule has 25 heavy (non-hydrogen) atoms. The van der Waals surface area contributed by atoms with E-state index in [4.69, 9.17) is 0 Å². The van der Waals surface area contributed by atoms with Crippen LogP contribution in [0.4, 0.5) is 10.1 Å². The summed E-state index contributed by atoms with van der Waals surface area (Å²) < 4.78 is 39.7. The summed E-state index contributed by atoms with van der Waals surface area (Å²) in [6.45, 7) is 0.454. The largest absolute Gasteiger partial charge is 0.326 e. The Morgan fingerprint density at radius 3 is 2.52 bits per heavy atom. The lowest BCUT2D eigenvalue weighted by Crippen LogP contribution is -2.43. The number of nitrogens with zero attached hydrogens (tertiary/aromatic N) is 2. The number of aromatic nitrogens is 1. The second-order valence-corrected chi connectivity index (χ2v) is 7.82. The lowest BCUT2D eigenvalue weighted by Gasteiger charge is -2.31. The van der Waals surface area contributed by atoms with Crippen LogP contribution in [0.3, 0.4) is 0 Å². The Kier molecular flexibility index (Phi) is 5.10. The number of rotatable bonds is 4. The van der Waals surface area contributed by atoms with Crippen LogP contribution < -0.4 is 5.32 Å². The molecular formula is C17H18FN3O3S. The molecule has 0 radical (unpaired) electrons. The normalized spacial score (nSPS) is 18.7. The monoisotopic (exact) mass is 363 g/mol. The minimum absolute atomic E-state index is 0.0316. The maximum atomic E-state index is 13.0. The molecule has 1 aromatic carbocycles. The third-order valence-corrected chi connectivity index (χ3v) is 6.03. The van der Waals surface area contributed by atoms with E-state index in [9.17, 15) is 17.6 Å². The Hall–Kier alpha value is -2.32. The van der Waals surface area contributed by atoms with E-state index in [1.165, 1.54) is 16.4 Å². The van der Waals surface area contributed by atoms with E-state index in [-0.39, 0.29) is 17.3 Å². The van der Waals surface area contributed by atoms with E-state index >= 15 is 0 Å². The number of piperidine rings is 1. The third-order valence-electron chi connectivity index (χ3n) is 4.15. The van der Waals surface area contributed by atoms with Gasteiger partial charge in [-0.3, -0.25) is 9.78 Å². The van der Waals surface area contributed by atoms with Gasteiger partial charge in [-0.05, 0) is 49.2 Å². The predicted octanol–water partition coefficient (Wildman–Crippen LogP) is 2.26. The van der Waals surface area contributed by atoms with Gasteiger partial charge in [0, 0.05) is 31.2 Å². The number of carbonyl (C=O) groups excluding carboxylic acids is 1. The highest BCUT2D eigenvalue weighted by Crippen LogP contribution is 2.25. The number of hydrogen-bond acceptors (Lipinski definition) is 4. The number of sulfonamides is 1. The molecule has 0 bridgehead atoms. The number of halogens is 1. The first kappa shape index (κ1) is 17.5. The highest BCUT2D eigenvalue weighted by Gasteiger charge is 2.33. The van der Waals surface area contributed by atoms with Gasteiger partial charge in [0.25, 0.3) is 0 Å². The lowest BCUT2D eigenvalue weighted by atomic mass is 9.99. The summed E-state index contributed by atoms with van der Waals surface area (Å²) >= 11 is 0. The second kappa shape index (κ2) is 7.28. The van der Waals surface area contributed by atoms with Crippen molar-refractivity contribution in [3.8, 4) is 0 Å². The maximum Gasteiger partial charge on any atom is 0.243 e. The van der Waals surface area contributed by atoms with Crippen LogP contribution in [0.15, 0.2) is 53.7 Å². The SMILES string of the molecule is O=C(Nc1ccncc1)C1CCCN(S(=O)(=O)c2ccc(F)cc2)C1.